The molecule has 0 aliphatic carbocycles. The molecule has 110 valence electrons. The molecule has 1 heterocycles. The summed E-state index contributed by atoms with van der Waals surface area (Å²) in [6.45, 7) is 2.77. The van der Waals surface area contributed by atoms with Crippen molar-refractivity contribution >= 4 is 0 Å². The Morgan fingerprint density at radius 2 is 1.86 bits per heavy atom. The van der Waals surface area contributed by atoms with E-state index in [1.807, 2.05) is 31.2 Å². The Kier molecular flexibility index (Phi) is 3.60. The maximum absolute atomic E-state index is 6.70. The van der Waals surface area contributed by atoms with Crippen molar-refractivity contribution in [3.05, 3.63) is 59.2 Å². The highest BCUT2D eigenvalue weighted by atomic mass is 16.5. The summed E-state index contributed by atoms with van der Waals surface area (Å²) in [5.41, 5.74) is 9.27. The van der Waals surface area contributed by atoms with Gasteiger partial charge in [-0.2, -0.15) is 0 Å². The second-order valence-electron chi connectivity index (χ2n) is 5.65. The van der Waals surface area contributed by atoms with E-state index < -0.39 is 5.54 Å². The number of methoxy groups -OCH3 is 1. The zero-order chi connectivity index (χ0) is 14.9. The fourth-order valence-corrected chi connectivity index (χ4v) is 3.02. The highest BCUT2D eigenvalue weighted by molar-refractivity contribution is 5.53. The van der Waals surface area contributed by atoms with Crippen LogP contribution in [0.1, 0.15) is 30.0 Å². The minimum atomic E-state index is -0.657. The summed E-state index contributed by atoms with van der Waals surface area (Å²) in [6, 6.07) is 14.1. The molecule has 0 bridgehead atoms. The summed E-state index contributed by atoms with van der Waals surface area (Å²) in [5, 5.41) is 0. The first-order chi connectivity index (χ1) is 10.1. The fourth-order valence-electron chi connectivity index (χ4n) is 3.02. The molecule has 1 atom stereocenters. The van der Waals surface area contributed by atoms with Gasteiger partial charge in [0.15, 0.2) is 0 Å². The Labute approximate surface area is 125 Å². The quantitative estimate of drug-likeness (QED) is 0.940. The van der Waals surface area contributed by atoms with Crippen molar-refractivity contribution in [1.29, 1.82) is 0 Å². The molecule has 1 aliphatic rings. The maximum Gasteiger partial charge on any atom is 0.127 e. The van der Waals surface area contributed by atoms with Crippen LogP contribution in [0.25, 0.3) is 0 Å². The maximum atomic E-state index is 6.70. The van der Waals surface area contributed by atoms with E-state index in [4.69, 9.17) is 15.2 Å². The van der Waals surface area contributed by atoms with E-state index in [1.54, 1.807) is 7.11 Å². The van der Waals surface area contributed by atoms with Gasteiger partial charge in [0.05, 0.1) is 19.3 Å². The van der Waals surface area contributed by atoms with Crippen LogP contribution in [0.15, 0.2) is 42.5 Å². The van der Waals surface area contributed by atoms with Crippen molar-refractivity contribution in [3.63, 3.8) is 0 Å². The average Bonchev–Trinajstić information content (AvgIpc) is 2.54. The number of rotatable bonds is 3. The molecule has 1 aliphatic heterocycles. The van der Waals surface area contributed by atoms with Crippen molar-refractivity contribution in [2.45, 2.75) is 25.3 Å². The van der Waals surface area contributed by atoms with Crippen molar-refractivity contribution in [2.24, 2.45) is 5.73 Å². The molecule has 2 aromatic carbocycles. The number of nitrogens with two attached hydrogens (primary N) is 1. The largest absolute Gasteiger partial charge is 0.496 e. The van der Waals surface area contributed by atoms with Crippen LogP contribution in [-0.2, 0) is 12.0 Å². The minimum Gasteiger partial charge on any atom is -0.496 e. The zero-order valence-electron chi connectivity index (χ0n) is 12.6. The number of aryl methyl sites for hydroxylation is 1. The van der Waals surface area contributed by atoms with Crippen LogP contribution in [0.5, 0.6) is 11.5 Å². The van der Waals surface area contributed by atoms with Gasteiger partial charge < -0.3 is 15.2 Å². The zero-order valence-corrected chi connectivity index (χ0v) is 12.6. The van der Waals surface area contributed by atoms with Gasteiger partial charge in [0.2, 0.25) is 0 Å². The second-order valence-corrected chi connectivity index (χ2v) is 5.65. The molecule has 2 aromatic rings. The fraction of sp³-hybridized carbons (Fsp3) is 0.333. The van der Waals surface area contributed by atoms with Crippen LogP contribution in [0, 0.1) is 0 Å². The number of hydrogen-bond donors (Lipinski definition) is 1. The van der Waals surface area contributed by atoms with Crippen molar-refractivity contribution < 1.29 is 9.47 Å². The van der Waals surface area contributed by atoms with E-state index in [0.29, 0.717) is 0 Å². The first-order valence-corrected chi connectivity index (χ1v) is 7.32. The minimum absolute atomic E-state index is 0.657. The summed E-state index contributed by atoms with van der Waals surface area (Å²) < 4.78 is 11.4. The molecule has 3 rings (SSSR count). The van der Waals surface area contributed by atoms with Gasteiger partial charge in [0.1, 0.15) is 11.5 Å². The number of benzene rings is 2. The van der Waals surface area contributed by atoms with Crippen LogP contribution in [-0.4, -0.2) is 13.7 Å². The molecule has 2 N–H and O–H groups in total. The van der Waals surface area contributed by atoms with Crippen LogP contribution >= 0.6 is 0 Å². The summed E-state index contributed by atoms with van der Waals surface area (Å²) in [7, 11) is 1.67. The summed E-state index contributed by atoms with van der Waals surface area (Å²) in [4.78, 5) is 0. The van der Waals surface area contributed by atoms with Gasteiger partial charge in [0.25, 0.3) is 0 Å². The normalized spacial score (nSPS) is 16.5. The number of fused-ring (bicyclic) bond motifs is 1. The number of ether oxygens (including phenoxy) is 2. The Morgan fingerprint density at radius 1 is 1.10 bits per heavy atom. The molecule has 0 amide bonds. The first-order valence-electron chi connectivity index (χ1n) is 7.32. The summed E-state index contributed by atoms with van der Waals surface area (Å²) >= 11 is 0. The van der Waals surface area contributed by atoms with E-state index in [0.717, 1.165) is 42.1 Å². The third kappa shape index (κ3) is 2.38. The molecule has 0 radical (unpaired) electrons. The van der Waals surface area contributed by atoms with E-state index >= 15 is 0 Å². The standard InChI is InChI=1S/C18H21NO2/c1-18(19,14-9-3-4-11-16(14)20-2)15-10-5-7-13-8-6-12-21-17(13)15/h3-5,7,9-11H,6,8,12,19H2,1-2H3. The van der Waals surface area contributed by atoms with Crippen LogP contribution in [0.3, 0.4) is 0 Å². The topological polar surface area (TPSA) is 44.5 Å². The Balaban J connectivity index is 2.14. The SMILES string of the molecule is COc1ccccc1C(C)(N)c1cccc2c1OCCC2. The van der Waals surface area contributed by atoms with E-state index in [2.05, 4.69) is 18.2 Å². The molecule has 0 saturated carbocycles. The third-order valence-electron chi connectivity index (χ3n) is 4.16. The predicted octanol–water partition coefficient (Wildman–Crippen LogP) is 3.24. The molecule has 0 fully saturated rings. The van der Waals surface area contributed by atoms with Crippen LogP contribution in [0.4, 0.5) is 0 Å². The van der Waals surface area contributed by atoms with Crippen molar-refractivity contribution in [2.75, 3.05) is 13.7 Å². The van der Waals surface area contributed by atoms with Crippen molar-refractivity contribution in [3.8, 4) is 11.5 Å². The first kappa shape index (κ1) is 14.0. The molecular formula is C18H21NO2. The van der Waals surface area contributed by atoms with Gasteiger partial charge in [-0.25, -0.2) is 0 Å². The summed E-state index contributed by atoms with van der Waals surface area (Å²) in [5.74, 6) is 1.75. The van der Waals surface area contributed by atoms with Crippen LogP contribution in [0.2, 0.25) is 0 Å². The molecule has 21 heavy (non-hydrogen) atoms. The molecule has 0 aromatic heterocycles. The molecular weight excluding hydrogens is 262 g/mol. The van der Waals surface area contributed by atoms with Gasteiger partial charge in [-0.15, -0.1) is 0 Å². The Morgan fingerprint density at radius 3 is 2.67 bits per heavy atom. The van der Waals surface area contributed by atoms with E-state index in [-0.39, 0.29) is 0 Å². The van der Waals surface area contributed by atoms with Gasteiger partial charge in [-0.05, 0) is 31.4 Å². The van der Waals surface area contributed by atoms with Gasteiger partial charge in [-0.1, -0.05) is 36.4 Å². The van der Waals surface area contributed by atoms with Crippen molar-refractivity contribution in [1.82, 2.24) is 0 Å². The highest BCUT2D eigenvalue weighted by Gasteiger charge is 2.31. The lowest BCUT2D eigenvalue weighted by Gasteiger charge is -2.31. The molecule has 3 nitrogen and oxygen atoms in total. The average molecular weight is 283 g/mol. The van der Waals surface area contributed by atoms with Gasteiger partial charge in [-0.3, -0.25) is 0 Å². The highest BCUT2D eigenvalue weighted by Crippen LogP contribution is 2.40. The lowest BCUT2D eigenvalue weighted by atomic mass is 9.83. The monoisotopic (exact) mass is 283 g/mol. The van der Waals surface area contributed by atoms with E-state index in [1.165, 1.54) is 5.56 Å². The molecule has 1 unspecified atom stereocenters. The predicted molar refractivity (Wildman–Crippen MR) is 83.9 cm³/mol. The number of hydrogen-bond acceptors (Lipinski definition) is 3. The van der Waals surface area contributed by atoms with Gasteiger partial charge in [0, 0.05) is 11.1 Å². The van der Waals surface area contributed by atoms with Crippen LogP contribution < -0.4 is 15.2 Å². The smallest absolute Gasteiger partial charge is 0.127 e. The van der Waals surface area contributed by atoms with E-state index in [9.17, 15) is 0 Å². The molecule has 3 heteroatoms. The Bertz CT molecular complexity index is 649. The third-order valence-corrected chi connectivity index (χ3v) is 4.16. The van der Waals surface area contributed by atoms with Gasteiger partial charge >= 0.3 is 0 Å². The molecule has 0 spiro atoms. The lowest BCUT2D eigenvalue weighted by Crippen LogP contribution is -2.35. The molecule has 0 saturated heterocycles. The Hall–Kier alpha value is -2.00. The number of para-hydroxylation sites is 2. The second kappa shape index (κ2) is 5.41. The summed E-state index contributed by atoms with van der Waals surface area (Å²) in [6.07, 6.45) is 2.11. The lowest BCUT2D eigenvalue weighted by molar-refractivity contribution is 0.280.